The summed E-state index contributed by atoms with van der Waals surface area (Å²) in [6.45, 7) is 1.60. The Kier molecular flexibility index (Phi) is 7.30. The molecule has 0 radical (unpaired) electrons. The molecule has 0 unspecified atom stereocenters. The summed E-state index contributed by atoms with van der Waals surface area (Å²) in [5.41, 5.74) is 1.18. The van der Waals surface area contributed by atoms with E-state index in [1.54, 1.807) is 24.1 Å². The van der Waals surface area contributed by atoms with Gasteiger partial charge in [-0.3, -0.25) is 9.59 Å². The van der Waals surface area contributed by atoms with Gasteiger partial charge in [-0.2, -0.15) is 4.72 Å². The Morgan fingerprint density at radius 3 is 2.29 bits per heavy atom. The lowest BCUT2D eigenvalue weighted by atomic mass is 9.78. The fourth-order valence-corrected chi connectivity index (χ4v) is 6.50. The maximum Gasteiger partial charge on any atom is 0.241 e. The van der Waals surface area contributed by atoms with E-state index in [-0.39, 0.29) is 29.6 Å². The van der Waals surface area contributed by atoms with Crippen molar-refractivity contribution >= 4 is 21.7 Å². The number of aliphatic hydroxyl groups excluding tert-OH is 1. The van der Waals surface area contributed by atoms with Gasteiger partial charge < -0.3 is 14.7 Å². The largest absolute Gasteiger partial charge is 0.497 e. The molecule has 2 aliphatic rings. The van der Waals surface area contributed by atoms with Crippen molar-refractivity contribution in [2.45, 2.75) is 68.0 Å². The number of nitrogens with zero attached hydrogens (tertiary/aromatic N) is 1. The molecular weight excluding hydrogens is 468 g/mol. The van der Waals surface area contributed by atoms with E-state index >= 15 is 0 Å². The normalized spacial score (nSPS) is 20.9. The van der Waals surface area contributed by atoms with Crippen molar-refractivity contribution in [1.82, 2.24) is 9.62 Å². The fourth-order valence-electron chi connectivity index (χ4n) is 5.31. The van der Waals surface area contributed by atoms with Gasteiger partial charge in [0, 0.05) is 18.4 Å². The molecule has 8 nitrogen and oxygen atoms in total. The molecule has 35 heavy (non-hydrogen) atoms. The van der Waals surface area contributed by atoms with Crippen molar-refractivity contribution in [1.29, 1.82) is 0 Å². The quantitative estimate of drug-likeness (QED) is 0.575. The second-order valence-corrected chi connectivity index (χ2v) is 11.3. The minimum Gasteiger partial charge on any atom is -0.497 e. The highest BCUT2D eigenvalue weighted by Crippen LogP contribution is 2.43. The zero-order valence-electron chi connectivity index (χ0n) is 20.1. The van der Waals surface area contributed by atoms with E-state index in [1.807, 2.05) is 31.2 Å². The number of carbonyl (C=O) groups excluding carboxylic acids is 2. The number of carbonyl (C=O) groups is 2. The van der Waals surface area contributed by atoms with Crippen LogP contribution in [0.3, 0.4) is 0 Å². The molecule has 1 amide bonds. The number of ketones is 1. The number of hydrogen-bond donors (Lipinski definition) is 2. The molecule has 1 saturated carbocycles. The summed E-state index contributed by atoms with van der Waals surface area (Å²) in [7, 11) is -2.34. The van der Waals surface area contributed by atoms with E-state index in [1.165, 1.54) is 12.1 Å². The Labute approximate surface area is 206 Å². The van der Waals surface area contributed by atoms with E-state index in [2.05, 4.69) is 4.72 Å². The van der Waals surface area contributed by atoms with E-state index in [0.29, 0.717) is 37.9 Å². The van der Waals surface area contributed by atoms with E-state index in [4.69, 9.17) is 4.74 Å². The average Bonchev–Trinajstić information content (AvgIpc) is 3.10. The first-order valence-corrected chi connectivity index (χ1v) is 13.3. The lowest BCUT2D eigenvalue weighted by molar-refractivity contribution is -0.139. The van der Waals surface area contributed by atoms with Crippen LogP contribution in [0.1, 0.15) is 43.2 Å². The van der Waals surface area contributed by atoms with E-state index in [9.17, 15) is 23.1 Å². The highest BCUT2D eigenvalue weighted by molar-refractivity contribution is 7.89. The first-order chi connectivity index (χ1) is 16.7. The van der Waals surface area contributed by atoms with Gasteiger partial charge in [0.15, 0.2) is 0 Å². The molecule has 9 heteroatoms. The molecule has 4 rings (SSSR count). The molecular formula is C26H32N2O6S. The standard InChI is InChI=1S/C26H32N2O6S/c1-18-3-9-23(10-4-18)35(32,33)27-24-16-26(13-11-21(30)12-14-26)28(25(24)31)20(17-29)15-19-5-7-22(34-2)8-6-19/h3-10,20,24,27,29H,11-17H2,1-2H3/t20-,24-/m0/s1. The number of likely N-dealkylation sites (tertiary alicyclic amines) is 1. The van der Waals surface area contributed by atoms with Gasteiger partial charge in [-0.1, -0.05) is 29.8 Å². The number of aryl methyl sites for hydroxylation is 1. The Bertz CT molecular complexity index is 1170. The van der Waals surface area contributed by atoms with Gasteiger partial charge in [-0.05, 0) is 62.4 Å². The Balaban J connectivity index is 1.62. The van der Waals surface area contributed by atoms with Crippen molar-refractivity contribution in [3.8, 4) is 5.75 Å². The van der Waals surface area contributed by atoms with E-state index in [0.717, 1.165) is 11.1 Å². The van der Waals surface area contributed by atoms with Gasteiger partial charge in [0.25, 0.3) is 0 Å². The van der Waals surface area contributed by atoms with Crippen molar-refractivity contribution in [3.63, 3.8) is 0 Å². The van der Waals surface area contributed by atoms with E-state index < -0.39 is 27.6 Å². The van der Waals surface area contributed by atoms with Gasteiger partial charge in [0.2, 0.25) is 15.9 Å². The summed E-state index contributed by atoms with van der Waals surface area (Å²) in [6.07, 6.45) is 2.26. The Morgan fingerprint density at radius 1 is 1.09 bits per heavy atom. The van der Waals surface area contributed by atoms with Crippen LogP contribution in [0.4, 0.5) is 0 Å². The van der Waals surface area contributed by atoms with Gasteiger partial charge in [0.1, 0.15) is 17.6 Å². The maximum absolute atomic E-state index is 13.7. The topological polar surface area (TPSA) is 113 Å². The highest BCUT2D eigenvalue weighted by Gasteiger charge is 2.54. The molecule has 1 spiro atoms. The average molecular weight is 501 g/mol. The van der Waals surface area contributed by atoms with Crippen LogP contribution in [0.15, 0.2) is 53.4 Å². The van der Waals surface area contributed by atoms with Gasteiger partial charge in [-0.25, -0.2) is 8.42 Å². The lowest BCUT2D eigenvalue weighted by Crippen LogP contribution is -2.55. The summed E-state index contributed by atoms with van der Waals surface area (Å²) in [4.78, 5) is 27.5. The number of sulfonamides is 1. The van der Waals surface area contributed by atoms with Gasteiger partial charge >= 0.3 is 0 Å². The van der Waals surface area contributed by atoms with Crippen LogP contribution in [0.5, 0.6) is 5.75 Å². The molecule has 2 aromatic rings. The zero-order valence-corrected chi connectivity index (χ0v) is 20.9. The second kappa shape index (κ2) is 10.1. The molecule has 1 heterocycles. The number of Topliss-reactive ketones (excluding diaryl/α,β-unsaturated/α-hetero) is 1. The SMILES string of the molecule is COc1ccc(C[C@@H](CO)N2C(=O)[C@@H](NS(=O)(=O)c3ccc(C)cc3)CC23CCC(=O)CC3)cc1. The summed E-state index contributed by atoms with van der Waals surface area (Å²) >= 11 is 0. The smallest absolute Gasteiger partial charge is 0.241 e. The number of hydrogen-bond acceptors (Lipinski definition) is 6. The molecule has 2 fully saturated rings. The van der Waals surface area contributed by atoms with Crippen molar-refractivity contribution in [2.24, 2.45) is 0 Å². The molecule has 2 aromatic carbocycles. The molecule has 1 aliphatic carbocycles. The zero-order chi connectivity index (χ0) is 25.2. The Hall–Kier alpha value is -2.75. The predicted octanol–water partition coefficient (Wildman–Crippen LogP) is 2.37. The molecule has 2 atom stereocenters. The van der Waals surface area contributed by atoms with Gasteiger partial charge in [0.05, 0.1) is 24.7 Å². The van der Waals surface area contributed by atoms with Crippen molar-refractivity contribution in [3.05, 3.63) is 59.7 Å². The van der Waals surface area contributed by atoms with Gasteiger partial charge in [-0.15, -0.1) is 0 Å². The Morgan fingerprint density at radius 2 is 1.71 bits per heavy atom. The van der Waals surface area contributed by atoms with Crippen LogP contribution >= 0.6 is 0 Å². The molecule has 1 aliphatic heterocycles. The first kappa shape index (κ1) is 25.3. The molecule has 0 aromatic heterocycles. The number of rotatable bonds is 8. The summed E-state index contributed by atoms with van der Waals surface area (Å²) < 4.78 is 34.0. The first-order valence-electron chi connectivity index (χ1n) is 11.8. The highest BCUT2D eigenvalue weighted by atomic mass is 32.2. The minimum absolute atomic E-state index is 0.0964. The number of aliphatic hydroxyl groups is 1. The fraction of sp³-hybridized carbons (Fsp3) is 0.462. The number of amides is 1. The molecule has 1 saturated heterocycles. The van der Waals surface area contributed by atoms with Crippen LogP contribution in [-0.4, -0.2) is 61.5 Å². The minimum atomic E-state index is -3.92. The number of benzene rings is 2. The third-order valence-corrected chi connectivity index (χ3v) is 8.69. The predicted molar refractivity (Wildman–Crippen MR) is 131 cm³/mol. The number of nitrogens with one attached hydrogen (secondary N) is 1. The van der Waals surface area contributed by atoms with Crippen LogP contribution in [-0.2, 0) is 26.0 Å². The molecule has 188 valence electrons. The van der Waals surface area contributed by atoms with Crippen molar-refractivity contribution in [2.75, 3.05) is 13.7 Å². The third-order valence-electron chi connectivity index (χ3n) is 7.20. The number of ether oxygens (including phenoxy) is 1. The summed E-state index contributed by atoms with van der Waals surface area (Å²) in [5, 5.41) is 10.3. The number of methoxy groups -OCH3 is 1. The lowest BCUT2D eigenvalue weighted by Gasteiger charge is -2.44. The monoisotopic (exact) mass is 500 g/mol. The second-order valence-electron chi connectivity index (χ2n) is 9.55. The van der Waals surface area contributed by atoms with Crippen LogP contribution in [0, 0.1) is 6.92 Å². The van der Waals surface area contributed by atoms with Crippen molar-refractivity contribution < 1.29 is 27.9 Å². The van der Waals surface area contributed by atoms with Crippen LogP contribution in [0.2, 0.25) is 0 Å². The molecule has 0 bridgehead atoms. The summed E-state index contributed by atoms with van der Waals surface area (Å²) in [6, 6.07) is 12.4. The summed E-state index contributed by atoms with van der Waals surface area (Å²) in [5.74, 6) is 0.490. The third kappa shape index (κ3) is 5.27. The maximum atomic E-state index is 13.7. The van der Waals surface area contributed by atoms with Crippen LogP contribution < -0.4 is 9.46 Å². The van der Waals surface area contributed by atoms with Crippen LogP contribution in [0.25, 0.3) is 0 Å². The molecule has 2 N–H and O–H groups in total.